The number of hydrogen-bond donors (Lipinski definition) is 0. The average molecular weight is 530 g/mol. The number of halogens is 1. The number of aromatic nitrogens is 1. The van der Waals surface area contributed by atoms with E-state index < -0.39 is 21.8 Å². The van der Waals surface area contributed by atoms with Crippen LogP contribution in [0.4, 0.5) is 9.52 Å². The minimum atomic E-state index is -3.86. The van der Waals surface area contributed by atoms with Gasteiger partial charge in [0.1, 0.15) is 17.3 Å². The van der Waals surface area contributed by atoms with E-state index in [-0.39, 0.29) is 23.9 Å². The highest BCUT2D eigenvalue weighted by Crippen LogP contribution is 2.34. The van der Waals surface area contributed by atoms with Gasteiger partial charge in [0.05, 0.1) is 40.9 Å². The molecule has 3 heterocycles. The van der Waals surface area contributed by atoms with E-state index in [0.29, 0.717) is 41.5 Å². The molecule has 4 aromatic rings. The molecule has 0 aliphatic carbocycles. The normalized spacial score (nSPS) is 16.8. The van der Waals surface area contributed by atoms with Crippen molar-refractivity contribution >= 4 is 42.6 Å². The number of nitrogens with zero attached hydrogens (tertiary/aromatic N) is 3. The van der Waals surface area contributed by atoms with E-state index in [1.165, 1.54) is 27.8 Å². The standard InChI is InChI=1S/C25H24FN3O5S2/c1-33-19-8-11-23-22(14-19)27-25(35-23)29(16-20-5-3-13-34-20)24(30)17-4-2-12-28(15-17)36(31,32)21-9-6-18(26)7-10-21/h3,5-11,13-14,17H,2,4,12,15-16H2,1H3. The smallest absolute Gasteiger partial charge is 0.243 e. The Morgan fingerprint density at radius 2 is 2.06 bits per heavy atom. The molecule has 2 aromatic carbocycles. The van der Waals surface area contributed by atoms with E-state index in [2.05, 4.69) is 4.98 Å². The molecule has 1 aliphatic rings. The summed E-state index contributed by atoms with van der Waals surface area (Å²) < 4.78 is 52.7. The fourth-order valence-electron chi connectivity index (χ4n) is 4.27. The van der Waals surface area contributed by atoms with Crippen LogP contribution in [0.5, 0.6) is 5.75 Å². The molecule has 1 fully saturated rings. The van der Waals surface area contributed by atoms with Crippen LogP contribution in [0.25, 0.3) is 10.2 Å². The van der Waals surface area contributed by atoms with Crippen molar-refractivity contribution in [2.75, 3.05) is 25.1 Å². The Morgan fingerprint density at radius 1 is 1.25 bits per heavy atom. The molecule has 1 aliphatic heterocycles. The molecule has 0 N–H and O–H groups in total. The molecule has 0 spiro atoms. The zero-order valence-corrected chi connectivity index (χ0v) is 21.1. The van der Waals surface area contributed by atoms with Crippen molar-refractivity contribution in [2.24, 2.45) is 5.92 Å². The number of rotatable bonds is 7. The minimum absolute atomic E-state index is 0.00422. The Labute approximate surface area is 212 Å². The fourth-order valence-corrected chi connectivity index (χ4v) is 6.75. The Kier molecular flexibility index (Phi) is 6.78. The van der Waals surface area contributed by atoms with Crippen molar-refractivity contribution in [3.63, 3.8) is 0 Å². The zero-order chi connectivity index (χ0) is 25.3. The van der Waals surface area contributed by atoms with Crippen LogP contribution in [-0.4, -0.2) is 43.8 Å². The molecule has 0 bridgehead atoms. The summed E-state index contributed by atoms with van der Waals surface area (Å²) in [6.07, 6.45) is 2.61. The van der Waals surface area contributed by atoms with Gasteiger partial charge in [0.2, 0.25) is 15.9 Å². The molecule has 1 atom stereocenters. The highest BCUT2D eigenvalue weighted by atomic mass is 32.2. The van der Waals surface area contributed by atoms with Crippen LogP contribution in [0, 0.1) is 11.7 Å². The molecule has 11 heteroatoms. The summed E-state index contributed by atoms with van der Waals surface area (Å²) in [7, 11) is -2.28. The number of sulfonamides is 1. The molecule has 1 unspecified atom stereocenters. The van der Waals surface area contributed by atoms with Gasteiger partial charge in [0.15, 0.2) is 5.13 Å². The summed E-state index contributed by atoms with van der Waals surface area (Å²) >= 11 is 1.37. The Hall–Kier alpha value is -3.28. The third-order valence-corrected chi connectivity index (χ3v) is 9.10. The molecule has 36 heavy (non-hydrogen) atoms. The Morgan fingerprint density at radius 3 is 2.78 bits per heavy atom. The lowest BCUT2D eigenvalue weighted by atomic mass is 9.98. The topological polar surface area (TPSA) is 93.0 Å². The summed E-state index contributed by atoms with van der Waals surface area (Å²) in [6.45, 7) is 0.499. The molecule has 1 saturated heterocycles. The molecule has 0 saturated carbocycles. The van der Waals surface area contributed by atoms with Crippen molar-refractivity contribution in [3.8, 4) is 5.75 Å². The number of furan rings is 1. The predicted octanol–water partition coefficient (Wildman–Crippen LogP) is 4.67. The van der Waals surface area contributed by atoms with Gasteiger partial charge in [-0.15, -0.1) is 0 Å². The summed E-state index contributed by atoms with van der Waals surface area (Å²) in [5.74, 6) is -0.0476. The summed E-state index contributed by atoms with van der Waals surface area (Å²) in [4.78, 5) is 20.1. The van der Waals surface area contributed by atoms with Gasteiger partial charge in [-0.1, -0.05) is 11.3 Å². The van der Waals surface area contributed by atoms with E-state index in [1.807, 2.05) is 18.2 Å². The van der Waals surface area contributed by atoms with Gasteiger partial charge in [0, 0.05) is 19.2 Å². The SMILES string of the molecule is COc1ccc2sc(N(Cc3ccco3)C(=O)C3CCCN(S(=O)(=O)c4ccc(F)cc4)C3)nc2c1. The number of anilines is 1. The van der Waals surface area contributed by atoms with Gasteiger partial charge >= 0.3 is 0 Å². The molecular weight excluding hydrogens is 505 g/mol. The first-order valence-electron chi connectivity index (χ1n) is 11.4. The second-order valence-corrected chi connectivity index (χ2v) is 11.4. The van der Waals surface area contributed by atoms with Gasteiger partial charge in [-0.25, -0.2) is 17.8 Å². The number of piperidine rings is 1. The van der Waals surface area contributed by atoms with Crippen molar-refractivity contribution in [3.05, 3.63) is 72.4 Å². The third kappa shape index (κ3) is 4.86. The van der Waals surface area contributed by atoms with Crippen molar-refractivity contribution in [2.45, 2.75) is 24.3 Å². The van der Waals surface area contributed by atoms with Crippen LogP contribution in [-0.2, 0) is 21.4 Å². The van der Waals surface area contributed by atoms with Crippen molar-refractivity contribution < 1.29 is 26.8 Å². The number of ether oxygens (including phenoxy) is 1. The van der Waals surface area contributed by atoms with Crippen LogP contribution in [0.3, 0.4) is 0 Å². The lowest BCUT2D eigenvalue weighted by molar-refractivity contribution is -0.123. The van der Waals surface area contributed by atoms with Crippen molar-refractivity contribution in [1.82, 2.24) is 9.29 Å². The fraction of sp³-hybridized carbons (Fsp3) is 0.280. The first-order chi connectivity index (χ1) is 17.3. The number of hydrogen-bond acceptors (Lipinski definition) is 7. The van der Waals surface area contributed by atoms with Gasteiger partial charge < -0.3 is 9.15 Å². The number of amides is 1. The lowest BCUT2D eigenvalue weighted by Gasteiger charge is -2.33. The summed E-state index contributed by atoms with van der Waals surface area (Å²) in [5.41, 5.74) is 0.704. The maximum Gasteiger partial charge on any atom is 0.243 e. The van der Waals surface area contributed by atoms with E-state index in [1.54, 1.807) is 30.4 Å². The molecule has 2 aromatic heterocycles. The quantitative estimate of drug-likeness (QED) is 0.345. The van der Waals surface area contributed by atoms with Gasteiger partial charge in [-0.3, -0.25) is 9.69 Å². The van der Waals surface area contributed by atoms with Crippen LogP contribution >= 0.6 is 11.3 Å². The Bertz CT molecular complexity index is 1470. The minimum Gasteiger partial charge on any atom is -0.497 e. The largest absolute Gasteiger partial charge is 0.497 e. The summed E-state index contributed by atoms with van der Waals surface area (Å²) in [6, 6.07) is 13.8. The average Bonchev–Trinajstić information content (AvgIpc) is 3.56. The molecule has 0 radical (unpaired) electrons. The van der Waals surface area contributed by atoms with E-state index in [4.69, 9.17) is 9.15 Å². The third-order valence-electron chi connectivity index (χ3n) is 6.16. The summed E-state index contributed by atoms with van der Waals surface area (Å²) in [5, 5.41) is 0.498. The zero-order valence-electron chi connectivity index (χ0n) is 19.5. The first kappa shape index (κ1) is 24.4. The molecule has 8 nitrogen and oxygen atoms in total. The monoisotopic (exact) mass is 529 g/mol. The number of fused-ring (bicyclic) bond motifs is 1. The number of thiazole rings is 1. The predicted molar refractivity (Wildman–Crippen MR) is 134 cm³/mol. The highest BCUT2D eigenvalue weighted by molar-refractivity contribution is 7.89. The number of carbonyl (C=O) groups excluding carboxylic acids is 1. The Balaban J connectivity index is 1.43. The second kappa shape index (κ2) is 10.00. The van der Waals surface area contributed by atoms with Gasteiger partial charge in [0.25, 0.3) is 0 Å². The van der Waals surface area contributed by atoms with Crippen LogP contribution in [0.2, 0.25) is 0 Å². The van der Waals surface area contributed by atoms with Crippen molar-refractivity contribution in [1.29, 1.82) is 0 Å². The van der Waals surface area contributed by atoms with Gasteiger partial charge in [-0.2, -0.15) is 4.31 Å². The maximum absolute atomic E-state index is 13.8. The second-order valence-electron chi connectivity index (χ2n) is 8.49. The van der Waals surface area contributed by atoms with E-state index in [9.17, 15) is 17.6 Å². The van der Waals surface area contributed by atoms with E-state index in [0.717, 1.165) is 16.8 Å². The molecule has 188 valence electrons. The van der Waals surface area contributed by atoms with Crippen LogP contribution in [0.15, 0.2) is 70.2 Å². The molecule has 5 rings (SSSR count). The maximum atomic E-state index is 13.8. The van der Waals surface area contributed by atoms with Crippen LogP contribution < -0.4 is 9.64 Å². The van der Waals surface area contributed by atoms with Gasteiger partial charge in [-0.05, 0) is 61.4 Å². The lowest BCUT2D eigenvalue weighted by Crippen LogP contribution is -2.46. The number of carbonyl (C=O) groups is 1. The highest BCUT2D eigenvalue weighted by Gasteiger charge is 2.36. The van der Waals surface area contributed by atoms with E-state index >= 15 is 0 Å². The number of benzene rings is 2. The molecule has 1 amide bonds. The van der Waals surface area contributed by atoms with Crippen LogP contribution in [0.1, 0.15) is 18.6 Å². The number of methoxy groups -OCH3 is 1. The molecular formula is C25H24FN3O5S2. The first-order valence-corrected chi connectivity index (χ1v) is 13.6.